The Morgan fingerprint density at radius 1 is 1.83 bits per heavy atom. The highest BCUT2D eigenvalue weighted by atomic mass is 32.2. The fourth-order valence-corrected chi connectivity index (χ4v) is 0.741. The van der Waals surface area contributed by atoms with Crippen molar-refractivity contribution >= 4 is 10.8 Å². The summed E-state index contributed by atoms with van der Waals surface area (Å²) in [6, 6.07) is 0. The number of hydrogen-bond donors (Lipinski definition) is 0. The van der Waals surface area contributed by atoms with E-state index < -0.39 is 10.8 Å². The lowest BCUT2D eigenvalue weighted by atomic mass is 11.1. The van der Waals surface area contributed by atoms with Crippen LogP contribution in [0.15, 0.2) is 11.7 Å². The smallest absolute Gasteiger partial charge is 0.166 e. The van der Waals surface area contributed by atoms with Crippen LogP contribution in [0.5, 0.6) is 0 Å². The molecule has 1 aliphatic rings. The molecule has 0 fully saturated rings. The molecule has 3 heteroatoms. The Bertz CT molecular complexity index is 97.0. The summed E-state index contributed by atoms with van der Waals surface area (Å²) in [6.45, 7) is 0. The SMILES string of the molecule is O=[S@]1C=COC1. The van der Waals surface area contributed by atoms with Gasteiger partial charge in [-0.3, -0.25) is 4.21 Å². The maximum atomic E-state index is 10.1. The molecular weight excluding hydrogens is 100 g/mol. The average molecular weight is 104 g/mol. The molecule has 0 saturated carbocycles. The number of ether oxygens (including phenoxy) is 1. The van der Waals surface area contributed by atoms with Crippen molar-refractivity contribution in [3.63, 3.8) is 0 Å². The van der Waals surface area contributed by atoms with Gasteiger partial charge in [-0.1, -0.05) is 0 Å². The van der Waals surface area contributed by atoms with E-state index in [1.165, 1.54) is 11.7 Å². The topological polar surface area (TPSA) is 26.3 Å². The summed E-state index contributed by atoms with van der Waals surface area (Å²) in [5.74, 6) is 0.347. The lowest BCUT2D eigenvalue weighted by molar-refractivity contribution is 0.322. The van der Waals surface area contributed by atoms with Gasteiger partial charge in [0.15, 0.2) is 5.94 Å². The van der Waals surface area contributed by atoms with Crippen molar-refractivity contribution < 1.29 is 8.95 Å². The number of hydrogen-bond acceptors (Lipinski definition) is 2. The van der Waals surface area contributed by atoms with E-state index in [-0.39, 0.29) is 0 Å². The van der Waals surface area contributed by atoms with Gasteiger partial charge in [0.2, 0.25) is 0 Å². The lowest BCUT2D eigenvalue weighted by Gasteiger charge is -1.79. The third-order valence-electron chi connectivity index (χ3n) is 0.488. The molecule has 0 aromatic heterocycles. The largest absolute Gasteiger partial charge is 0.487 e. The van der Waals surface area contributed by atoms with Crippen LogP contribution in [0.3, 0.4) is 0 Å². The van der Waals surface area contributed by atoms with Gasteiger partial charge in [0, 0.05) is 5.41 Å². The van der Waals surface area contributed by atoms with Crippen LogP contribution in [0, 0.1) is 0 Å². The Hall–Kier alpha value is -0.310. The molecule has 0 bridgehead atoms. The second kappa shape index (κ2) is 1.43. The molecular formula is C3H4O2S. The summed E-state index contributed by atoms with van der Waals surface area (Å²) in [5, 5.41) is 1.53. The molecule has 0 aliphatic carbocycles. The zero-order valence-electron chi connectivity index (χ0n) is 3.09. The predicted molar refractivity (Wildman–Crippen MR) is 23.2 cm³/mol. The molecule has 0 N–H and O–H groups in total. The minimum Gasteiger partial charge on any atom is -0.487 e. The van der Waals surface area contributed by atoms with Crippen LogP contribution in [-0.2, 0) is 15.5 Å². The van der Waals surface area contributed by atoms with Crippen molar-refractivity contribution in [1.29, 1.82) is 0 Å². The van der Waals surface area contributed by atoms with Crippen molar-refractivity contribution in [2.75, 3.05) is 5.94 Å². The maximum Gasteiger partial charge on any atom is 0.166 e. The van der Waals surface area contributed by atoms with E-state index in [0.717, 1.165) is 0 Å². The van der Waals surface area contributed by atoms with E-state index in [4.69, 9.17) is 0 Å². The first-order valence-corrected chi connectivity index (χ1v) is 2.93. The Morgan fingerprint density at radius 3 is 2.83 bits per heavy atom. The molecule has 0 aromatic carbocycles. The molecule has 1 rings (SSSR count). The standard InChI is InChI=1S/C3H4O2S/c4-6-2-1-5-3-6/h1-2H,3H2/t6-/m0/s1. The van der Waals surface area contributed by atoms with Gasteiger partial charge in [0.25, 0.3) is 0 Å². The summed E-state index contributed by atoms with van der Waals surface area (Å²) in [7, 11) is -0.826. The Balaban J connectivity index is 2.59. The molecule has 34 valence electrons. The molecule has 0 amide bonds. The Morgan fingerprint density at radius 2 is 2.67 bits per heavy atom. The highest BCUT2D eigenvalue weighted by molar-refractivity contribution is 7.88. The lowest BCUT2D eigenvalue weighted by Crippen LogP contribution is -1.83. The van der Waals surface area contributed by atoms with Gasteiger partial charge >= 0.3 is 0 Å². The van der Waals surface area contributed by atoms with E-state index in [9.17, 15) is 4.21 Å². The van der Waals surface area contributed by atoms with Crippen LogP contribution in [0.2, 0.25) is 0 Å². The fourth-order valence-electron chi connectivity index (χ4n) is 0.247. The third-order valence-corrected chi connectivity index (χ3v) is 1.27. The van der Waals surface area contributed by atoms with E-state index in [1.54, 1.807) is 0 Å². The molecule has 1 heterocycles. The zero-order valence-corrected chi connectivity index (χ0v) is 3.90. The molecule has 0 saturated heterocycles. The Labute approximate surface area is 38.3 Å². The molecule has 1 atom stereocenters. The maximum absolute atomic E-state index is 10.1. The van der Waals surface area contributed by atoms with Crippen LogP contribution in [0.1, 0.15) is 0 Å². The van der Waals surface area contributed by atoms with E-state index >= 15 is 0 Å². The van der Waals surface area contributed by atoms with Crippen LogP contribution in [-0.4, -0.2) is 10.1 Å². The number of rotatable bonds is 0. The Kier molecular flexibility index (Phi) is 0.919. The first kappa shape index (κ1) is 3.87. The van der Waals surface area contributed by atoms with Crippen molar-refractivity contribution in [2.45, 2.75) is 0 Å². The van der Waals surface area contributed by atoms with Crippen LogP contribution < -0.4 is 0 Å². The first-order valence-electron chi connectivity index (χ1n) is 1.55. The van der Waals surface area contributed by atoms with Crippen molar-refractivity contribution in [3.8, 4) is 0 Å². The molecule has 0 aromatic rings. The van der Waals surface area contributed by atoms with Crippen LogP contribution in [0.25, 0.3) is 0 Å². The van der Waals surface area contributed by atoms with Gasteiger partial charge in [0.1, 0.15) is 0 Å². The van der Waals surface area contributed by atoms with Crippen LogP contribution in [0.4, 0.5) is 0 Å². The van der Waals surface area contributed by atoms with Gasteiger partial charge in [-0.15, -0.1) is 0 Å². The second-order valence-corrected chi connectivity index (χ2v) is 2.21. The van der Waals surface area contributed by atoms with Crippen molar-refractivity contribution in [1.82, 2.24) is 0 Å². The van der Waals surface area contributed by atoms with Crippen molar-refractivity contribution in [2.24, 2.45) is 0 Å². The molecule has 2 nitrogen and oxygen atoms in total. The quantitative estimate of drug-likeness (QED) is 0.438. The average Bonchev–Trinajstić information content (AvgIpc) is 1.86. The fraction of sp³-hybridized carbons (Fsp3) is 0.333. The molecule has 1 aliphatic heterocycles. The van der Waals surface area contributed by atoms with E-state index in [1.807, 2.05) is 0 Å². The minimum atomic E-state index is -0.826. The van der Waals surface area contributed by atoms with Gasteiger partial charge < -0.3 is 4.74 Å². The summed E-state index contributed by atoms with van der Waals surface area (Å²) in [5.41, 5.74) is 0. The van der Waals surface area contributed by atoms with Crippen molar-refractivity contribution in [3.05, 3.63) is 11.7 Å². The monoisotopic (exact) mass is 104 g/mol. The first-order chi connectivity index (χ1) is 2.89. The van der Waals surface area contributed by atoms with Crippen LogP contribution >= 0.6 is 0 Å². The van der Waals surface area contributed by atoms with E-state index in [0.29, 0.717) is 5.94 Å². The van der Waals surface area contributed by atoms with E-state index in [2.05, 4.69) is 4.74 Å². The molecule has 0 spiro atoms. The second-order valence-electron chi connectivity index (χ2n) is 0.937. The molecule has 6 heavy (non-hydrogen) atoms. The zero-order chi connectivity index (χ0) is 4.41. The summed E-state index contributed by atoms with van der Waals surface area (Å²) >= 11 is 0. The minimum absolute atomic E-state index is 0.347. The summed E-state index contributed by atoms with van der Waals surface area (Å²) in [4.78, 5) is 0. The predicted octanol–water partition coefficient (Wildman–Crippen LogP) is 0.194. The summed E-state index contributed by atoms with van der Waals surface area (Å²) in [6.07, 6.45) is 1.45. The van der Waals surface area contributed by atoms with Gasteiger partial charge in [0.05, 0.1) is 17.1 Å². The normalized spacial score (nSPS) is 30.3. The summed E-state index contributed by atoms with van der Waals surface area (Å²) < 4.78 is 14.7. The highest BCUT2D eigenvalue weighted by Gasteiger charge is 1.96. The van der Waals surface area contributed by atoms with Gasteiger partial charge in [-0.05, 0) is 0 Å². The highest BCUT2D eigenvalue weighted by Crippen LogP contribution is 1.95. The third kappa shape index (κ3) is 0.597. The van der Waals surface area contributed by atoms with Gasteiger partial charge in [-0.25, -0.2) is 0 Å². The molecule has 0 radical (unpaired) electrons. The molecule has 0 unspecified atom stereocenters. The van der Waals surface area contributed by atoms with Gasteiger partial charge in [-0.2, -0.15) is 0 Å².